The number of hydrogen-bond acceptors (Lipinski definition) is 2. The molecule has 0 spiro atoms. The average molecular weight is 806 g/mol. The second-order valence-electron chi connectivity index (χ2n) is 21.2. The Bertz CT molecular complexity index is 2970. The zero-order valence-corrected chi connectivity index (χ0v) is 35.7. The largest absolute Gasteiger partial charge is 0.454 e. The van der Waals surface area contributed by atoms with Crippen molar-refractivity contribution in [1.29, 1.82) is 0 Å². The Labute approximate surface area is 366 Å². The van der Waals surface area contributed by atoms with Crippen LogP contribution in [0.5, 0.6) is 0 Å². The van der Waals surface area contributed by atoms with Crippen molar-refractivity contribution in [3.8, 4) is 22.3 Å². The van der Waals surface area contributed by atoms with E-state index in [1.807, 2.05) is 0 Å². The molecule has 16 rings (SSSR count). The molecule has 8 aliphatic carbocycles. The zero-order valence-electron chi connectivity index (χ0n) is 35.7. The van der Waals surface area contributed by atoms with E-state index in [9.17, 15) is 0 Å². The molecule has 1 heterocycles. The van der Waals surface area contributed by atoms with Gasteiger partial charge in [0.1, 0.15) is 5.58 Å². The summed E-state index contributed by atoms with van der Waals surface area (Å²) in [7, 11) is 0. The summed E-state index contributed by atoms with van der Waals surface area (Å²) in [5, 5.41) is 4.89. The van der Waals surface area contributed by atoms with Crippen LogP contribution in [-0.2, 0) is 5.41 Å². The van der Waals surface area contributed by atoms with Gasteiger partial charge in [0, 0.05) is 22.1 Å². The quantitative estimate of drug-likeness (QED) is 0.160. The number of anilines is 3. The molecule has 0 radical (unpaired) electrons. The predicted molar refractivity (Wildman–Crippen MR) is 256 cm³/mol. The lowest BCUT2D eigenvalue weighted by molar-refractivity contribution is -0.00519. The molecular formula is C60H55NO. The summed E-state index contributed by atoms with van der Waals surface area (Å²) in [5.41, 5.74) is 14.4. The second kappa shape index (κ2) is 13.7. The molecule has 1 aromatic heterocycles. The summed E-state index contributed by atoms with van der Waals surface area (Å²) in [5.74, 6) is 6.84. The van der Waals surface area contributed by atoms with Gasteiger partial charge in [-0.1, -0.05) is 115 Å². The summed E-state index contributed by atoms with van der Waals surface area (Å²) < 4.78 is 6.84. The molecule has 8 saturated carbocycles. The fraction of sp³-hybridized carbons (Fsp3) is 0.333. The lowest BCUT2D eigenvalue weighted by Crippen LogP contribution is -2.48. The summed E-state index contributed by atoms with van der Waals surface area (Å²) in [6, 6.07) is 57.7. The topological polar surface area (TPSA) is 16.4 Å². The molecule has 0 amide bonds. The van der Waals surface area contributed by atoms with Gasteiger partial charge in [0.15, 0.2) is 5.58 Å². The number of furan rings is 1. The zero-order chi connectivity index (χ0) is 40.5. The van der Waals surface area contributed by atoms with E-state index >= 15 is 0 Å². The highest BCUT2D eigenvalue weighted by molar-refractivity contribution is 6.10. The minimum atomic E-state index is 0.383. The molecule has 0 N–H and O–H groups in total. The Morgan fingerprint density at radius 1 is 0.452 bits per heavy atom. The molecule has 0 aliphatic heterocycles. The van der Waals surface area contributed by atoms with Crippen molar-refractivity contribution < 1.29 is 4.42 Å². The molecule has 0 atom stereocenters. The molecule has 0 unspecified atom stereocenters. The fourth-order valence-electron chi connectivity index (χ4n) is 15.7. The van der Waals surface area contributed by atoms with Crippen LogP contribution in [0.3, 0.4) is 0 Å². The minimum Gasteiger partial charge on any atom is -0.454 e. The van der Waals surface area contributed by atoms with Crippen molar-refractivity contribution in [2.45, 2.75) is 82.0 Å². The van der Waals surface area contributed by atoms with Crippen molar-refractivity contribution in [3.05, 3.63) is 163 Å². The van der Waals surface area contributed by atoms with Gasteiger partial charge in [0.2, 0.25) is 0 Å². The van der Waals surface area contributed by atoms with Crippen LogP contribution in [0.1, 0.15) is 87.7 Å². The smallest absolute Gasteiger partial charge is 0.159 e. The molecule has 0 saturated heterocycles. The maximum atomic E-state index is 6.84. The van der Waals surface area contributed by atoms with Crippen LogP contribution in [0, 0.1) is 41.4 Å². The number of para-hydroxylation sites is 2. The monoisotopic (exact) mass is 805 g/mol. The van der Waals surface area contributed by atoms with Crippen LogP contribution in [0.15, 0.2) is 156 Å². The first-order valence-electron chi connectivity index (χ1n) is 24.1. The van der Waals surface area contributed by atoms with E-state index < -0.39 is 0 Å². The molecule has 306 valence electrons. The molecule has 2 nitrogen and oxygen atoms in total. The molecule has 8 fully saturated rings. The predicted octanol–water partition coefficient (Wildman–Crippen LogP) is 16.6. The highest BCUT2D eigenvalue weighted by atomic mass is 16.3. The van der Waals surface area contributed by atoms with Gasteiger partial charge in [-0.2, -0.15) is 0 Å². The molecular weight excluding hydrogens is 751 g/mol. The third-order valence-corrected chi connectivity index (χ3v) is 17.6. The van der Waals surface area contributed by atoms with Gasteiger partial charge in [0.05, 0.1) is 5.69 Å². The van der Waals surface area contributed by atoms with Crippen molar-refractivity contribution in [2.75, 3.05) is 4.90 Å². The van der Waals surface area contributed by atoms with E-state index in [4.69, 9.17) is 4.42 Å². The van der Waals surface area contributed by atoms with E-state index in [1.165, 1.54) is 115 Å². The maximum Gasteiger partial charge on any atom is 0.159 e. The normalized spacial score (nSPS) is 29.3. The van der Waals surface area contributed by atoms with Gasteiger partial charge >= 0.3 is 0 Å². The van der Waals surface area contributed by atoms with Crippen LogP contribution < -0.4 is 4.90 Å². The Morgan fingerprint density at radius 2 is 1.08 bits per heavy atom. The summed E-state index contributed by atoms with van der Waals surface area (Å²) >= 11 is 0. The van der Waals surface area contributed by atoms with Crippen LogP contribution in [-0.4, -0.2) is 0 Å². The van der Waals surface area contributed by atoms with Crippen LogP contribution in [0.2, 0.25) is 0 Å². The molecule has 7 aromatic carbocycles. The Kier molecular flexibility index (Phi) is 7.94. The number of fused-ring (bicyclic) bond motifs is 4. The number of nitrogens with zero attached hydrogens (tertiary/aromatic N) is 1. The van der Waals surface area contributed by atoms with Gasteiger partial charge in [-0.15, -0.1) is 0 Å². The molecule has 8 aromatic rings. The summed E-state index contributed by atoms with van der Waals surface area (Å²) in [6.45, 7) is 0. The number of rotatable bonds is 7. The van der Waals surface area contributed by atoms with E-state index in [0.717, 1.165) is 69.4 Å². The lowest BCUT2D eigenvalue weighted by Gasteiger charge is -2.57. The molecule has 62 heavy (non-hydrogen) atoms. The van der Waals surface area contributed by atoms with Crippen molar-refractivity contribution in [3.63, 3.8) is 0 Å². The SMILES string of the molecule is c1cc(-c2ccc(N(c3ccc(-c4cccc5ccccc45)cc3)c3cccc4c3oc3ccccc34)cc2C2C3CC4CC(C3)CC2C4)cc(C23CC4CC(CC(C4)C2)C3)c1. The van der Waals surface area contributed by atoms with Gasteiger partial charge in [-0.05, 0) is 204 Å². The third kappa shape index (κ3) is 5.60. The lowest BCUT2D eigenvalue weighted by atomic mass is 9.48. The Morgan fingerprint density at radius 3 is 1.85 bits per heavy atom. The van der Waals surface area contributed by atoms with E-state index in [2.05, 4.69) is 157 Å². The summed E-state index contributed by atoms with van der Waals surface area (Å²) in [6.07, 6.45) is 15.8. The first kappa shape index (κ1) is 35.9. The summed E-state index contributed by atoms with van der Waals surface area (Å²) in [4.78, 5) is 2.51. The van der Waals surface area contributed by atoms with Crippen molar-refractivity contribution >= 4 is 49.8 Å². The van der Waals surface area contributed by atoms with Gasteiger partial charge in [-0.25, -0.2) is 0 Å². The first-order chi connectivity index (χ1) is 30.6. The highest BCUT2D eigenvalue weighted by Gasteiger charge is 2.52. The number of benzene rings is 7. The van der Waals surface area contributed by atoms with Gasteiger partial charge in [0.25, 0.3) is 0 Å². The van der Waals surface area contributed by atoms with Crippen LogP contribution in [0.4, 0.5) is 17.1 Å². The van der Waals surface area contributed by atoms with E-state index in [1.54, 1.807) is 11.1 Å². The van der Waals surface area contributed by atoms with Crippen molar-refractivity contribution in [2.24, 2.45) is 41.4 Å². The standard InChI is InChI=1S/C60H55NO/c1-2-12-50-42(8-1)9-6-14-51(50)43-18-20-48(21-19-43)61(56-16-7-15-54-53-13-3-4-17-57(53)62-59(54)56)49-22-23-52(55(33-49)58-45-28-37-24-38(30-45)31-46(58)29-37)44-10-5-11-47(32-44)60-34-39-25-40(35-60)27-41(26-39)36-60/h1-23,32-33,37-41,45-46,58H,24-31,34-36H2. The molecule has 2 heteroatoms. The first-order valence-corrected chi connectivity index (χ1v) is 24.1. The second-order valence-corrected chi connectivity index (χ2v) is 21.2. The van der Waals surface area contributed by atoms with Crippen LogP contribution in [0.25, 0.3) is 55.0 Å². The van der Waals surface area contributed by atoms with Gasteiger partial charge < -0.3 is 9.32 Å². The van der Waals surface area contributed by atoms with Gasteiger partial charge in [-0.3, -0.25) is 0 Å². The van der Waals surface area contributed by atoms with Crippen molar-refractivity contribution in [1.82, 2.24) is 0 Å². The third-order valence-electron chi connectivity index (χ3n) is 17.6. The Balaban J connectivity index is 0.946. The van der Waals surface area contributed by atoms with Crippen LogP contribution >= 0.6 is 0 Å². The Hall–Kier alpha value is -5.60. The molecule has 8 aliphatic rings. The van der Waals surface area contributed by atoms with E-state index in [0.29, 0.717) is 11.3 Å². The van der Waals surface area contributed by atoms with E-state index in [-0.39, 0.29) is 0 Å². The maximum absolute atomic E-state index is 6.84. The average Bonchev–Trinajstić information content (AvgIpc) is 3.68. The minimum absolute atomic E-state index is 0.383. The highest BCUT2D eigenvalue weighted by Crippen LogP contribution is 2.63. The number of hydrogen-bond donors (Lipinski definition) is 0. The fourth-order valence-corrected chi connectivity index (χ4v) is 15.7. The molecule has 8 bridgehead atoms.